The average Bonchev–Trinajstić information content (AvgIpc) is 3.13. The smallest absolute Gasteiger partial charge is 0.409 e. The molecule has 1 aromatic carbocycles. The SMILES string of the molecule is CCOC(=O)N1CCC(N2CCC3(CC2)C[C@H](NC(=O)N(CC)CC)c2ccccc23)CC1. The van der Waals surface area contributed by atoms with Crippen LogP contribution in [0.5, 0.6) is 0 Å². The maximum atomic E-state index is 12.8. The lowest BCUT2D eigenvalue weighted by atomic mass is 9.73. The number of urea groups is 1. The van der Waals surface area contributed by atoms with Crippen LogP contribution in [0.2, 0.25) is 0 Å². The van der Waals surface area contributed by atoms with E-state index in [4.69, 9.17) is 4.74 Å². The molecule has 33 heavy (non-hydrogen) atoms. The molecule has 0 radical (unpaired) electrons. The van der Waals surface area contributed by atoms with Crippen molar-refractivity contribution in [2.24, 2.45) is 0 Å². The number of hydrogen-bond donors (Lipinski definition) is 1. The molecule has 182 valence electrons. The number of piperidine rings is 2. The van der Waals surface area contributed by atoms with E-state index in [0.29, 0.717) is 12.6 Å². The van der Waals surface area contributed by atoms with Crippen molar-refractivity contribution in [1.29, 1.82) is 0 Å². The predicted octanol–water partition coefficient (Wildman–Crippen LogP) is 4.14. The molecule has 4 rings (SSSR count). The first kappa shape index (κ1) is 23.9. The van der Waals surface area contributed by atoms with Gasteiger partial charge in [0.15, 0.2) is 0 Å². The molecule has 7 nitrogen and oxygen atoms in total. The molecule has 1 aliphatic carbocycles. The molecule has 0 aromatic heterocycles. The molecule has 3 amide bonds. The van der Waals surface area contributed by atoms with E-state index in [1.807, 2.05) is 30.6 Å². The van der Waals surface area contributed by atoms with Gasteiger partial charge in [-0.15, -0.1) is 0 Å². The standard InChI is InChI=1S/C26H40N4O3/c1-4-28(5-2)24(31)27-23-19-26(22-10-8-7-9-21(22)23)13-17-29(18-14-26)20-11-15-30(16-12-20)25(32)33-6-3/h7-10,20,23H,4-6,11-19H2,1-3H3,(H,27,31)/t23-/m0/s1. The topological polar surface area (TPSA) is 65.1 Å². The van der Waals surface area contributed by atoms with Crippen LogP contribution >= 0.6 is 0 Å². The normalized spacial score (nSPS) is 22.8. The molecule has 1 aromatic rings. The van der Waals surface area contributed by atoms with E-state index in [2.05, 4.69) is 34.5 Å². The van der Waals surface area contributed by atoms with Crippen LogP contribution in [0.25, 0.3) is 0 Å². The number of benzene rings is 1. The Labute approximate surface area is 198 Å². The summed E-state index contributed by atoms with van der Waals surface area (Å²) in [5.74, 6) is 0. The second-order valence-electron chi connectivity index (χ2n) is 9.70. The van der Waals surface area contributed by atoms with E-state index >= 15 is 0 Å². The number of nitrogens with zero attached hydrogens (tertiary/aromatic N) is 3. The summed E-state index contributed by atoms with van der Waals surface area (Å²) in [6, 6.07) is 9.41. The Morgan fingerprint density at radius 1 is 1.06 bits per heavy atom. The van der Waals surface area contributed by atoms with Gasteiger partial charge in [-0.25, -0.2) is 9.59 Å². The van der Waals surface area contributed by atoms with Gasteiger partial charge < -0.3 is 24.8 Å². The van der Waals surface area contributed by atoms with Crippen molar-refractivity contribution in [3.8, 4) is 0 Å². The molecule has 3 aliphatic rings. The van der Waals surface area contributed by atoms with Gasteiger partial charge in [0, 0.05) is 37.6 Å². The zero-order valence-corrected chi connectivity index (χ0v) is 20.5. The molecule has 1 N–H and O–H groups in total. The van der Waals surface area contributed by atoms with Crippen LogP contribution in [0.4, 0.5) is 9.59 Å². The Balaban J connectivity index is 1.38. The minimum Gasteiger partial charge on any atom is -0.450 e. The summed E-state index contributed by atoms with van der Waals surface area (Å²) >= 11 is 0. The molecule has 0 unspecified atom stereocenters. The molecule has 7 heteroatoms. The van der Waals surface area contributed by atoms with Crippen LogP contribution in [0.15, 0.2) is 24.3 Å². The van der Waals surface area contributed by atoms with E-state index in [1.54, 1.807) is 0 Å². The summed E-state index contributed by atoms with van der Waals surface area (Å²) in [4.78, 5) is 31.1. The zero-order chi connectivity index (χ0) is 23.4. The quantitative estimate of drug-likeness (QED) is 0.723. The van der Waals surface area contributed by atoms with Gasteiger partial charge >= 0.3 is 12.1 Å². The summed E-state index contributed by atoms with van der Waals surface area (Å²) in [6.45, 7) is 11.5. The number of rotatable bonds is 5. The molecular formula is C26H40N4O3. The van der Waals surface area contributed by atoms with Crippen molar-refractivity contribution in [2.45, 2.75) is 70.4 Å². The molecular weight excluding hydrogens is 416 g/mol. The largest absolute Gasteiger partial charge is 0.450 e. The number of hydrogen-bond acceptors (Lipinski definition) is 4. The molecule has 0 saturated carbocycles. The second-order valence-corrected chi connectivity index (χ2v) is 9.70. The van der Waals surface area contributed by atoms with Crippen LogP contribution < -0.4 is 5.32 Å². The van der Waals surface area contributed by atoms with Crippen LogP contribution in [-0.2, 0) is 10.2 Å². The Bertz CT molecular complexity index is 825. The van der Waals surface area contributed by atoms with Crippen molar-refractivity contribution in [3.05, 3.63) is 35.4 Å². The Morgan fingerprint density at radius 2 is 1.73 bits per heavy atom. The van der Waals surface area contributed by atoms with Crippen LogP contribution in [-0.4, -0.2) is 78.7 Å². The molecule has 2 fully saturated rings. The number of carbonyl (C=O) groups is 2. The minimum atomic E-state index is -0.172. The van der Waals surface area contributed by atoms with Gasteiger partial charge in [-0.1, -0.05) is 24.3 Å². The fourth-order valence-electron chi connectivity index (χ4n) is 6.19. The molecule has 2 heterocycles. The lowest BCUT2D eigenvalue weighted by Gasteiger charge is -2.45. The number of likely N-dealkylation sites (tertiary alicyclic amines) is 2. The molecule has 2 aliphatic heterocycles. The lowest BCUT2D eigenvalue weighted by Crippen LogP contribution is -2.51. The third kappa shape index (κ3) is 4.84. The van der Waals surface area contributed by atoms with Gasteiger partial charge in [0.25, 0.3) is 0 Å². The van der Waals surface area contributed by atoms with Crippen molar-refractivity contribution < 1.29 is 14.3 Å². The number of nitrogens with one attached hydrogen (secondary N) is 1. The number of fused-ring (bicyclic) bond motifs is 2. The van der Waals surface area contributed by atoms with Crippen LogP contribution in [0.3, 0.4) is 0 Å². The van der Waals surface area contributed by atoms with Gasteiger partial charge in [0.05, 0.1) is 12.6 Å². The summed E-state index contributed by atoms with van der Waals surface area (Å²) in [5, 5.41) is 3.33. The van der Waals surface area contributed by atoms with E-state index in [9.17, 15) is 9.59 Å². The zero-order valence-electron chi connectivity index (χ0n) is 20.5. The van der Waals surface area contributed by atoms with Crippen molar-refractivity contribution >= 4 is 12.1 Å². The molecule has 0 bridgehead atoms. The highest BCUT2D eigenvalue weighted by Gasteiger charge is 2.46. The fourth-order valence-corrected chi connectivity index (χ4v) is 6.19. The maximum absolute atomic E-state index is 12.8. The number of ether oxygens (including phenoxy) is 1. The monoisotopic (exact) mass is 456 g/mol. The number of carbonyl (C=O) groups excluding carboxylic acids is 2. The summed E-state index contributed by atoms with van der Waals surface area (Å²) in [7, 11) is 0. The highest BCUT2D eigenvalue weighted by molar-refractivity contribution is 5.75. The molecule has 1 atom stereocenters. The first-order valence-corrected chi connectivity index (χ1v) is 12.8. The van der Waals surface area contributed by atoms with Gasteiger partial charge in [0.1, 0.15) is 0 Å². The van der Waals surface area contributed by atoms with Gasteiger partial charge in [-0.2, -0.15) is 0 Å². The van der Waals surface area contributed by atoms with E-state index < -0.39 is 0 Å². The summed E-state index contributed by atoms with van der Waals surface area (Å²) < 4.78 is 5.17. The summed E-state index contributed by atoms with van der Waals surface area (Å²) in [5.41, 5.74) is 2.89. The van der Waals surface area contributed by atoms with E-state index in [1.165, 1.54) is 11.1 Å². The molecule has 1 spiro atoms. The maximum Gasteiger partial charge on any atom is 0.409 e. The number of amides is 3. The highest BCUT2D eigenvalue weighted by Crippen LogP contribution is 2.51. The van der Waals surface area contributed by atoms with Crippen molar-refractivity contribution in [2.75, 3.05) is 45.9 Å². The van der Waals surface area contributed by atoms with Gasteiger partial charge in [0.2, 0.25) is 0 Å². The first-order chi connectivity index (χ1) is 16.0. The van der Waals surface area contributed by atoms with Crippen LogP contribution in [0, 0.1) is 0 Å². The highest BCUT2D eigenvalue weighted by atomic mass is 16.6. The lowest BCUT2D eigenvalue weighted by molar-refractivity contribution is 0.0553. The first-order valence-electron chi connectivity index (χ1n) is 12.8. The van der Waals surface area contributed by atoms with Gasteiger partial charge in [-0.3, -0.25) is 0 Å². The van der Waals surface area contributed by atoms with Crippen LogP contribution in [0.1, 0.15) is 70.0 Å². The Morgan fingerprint density at radius 3 is 2.36 bits per heavy atom. The van der Waals surface area contributed by atoms with E-state index in [0.717, 1.165) is 71.4 Å². The second kappa shape index (κ2) is 10.3. The van der Waals surface area contributed by atoms with Crippen molar-refractivity contribution in [1.82, 2.24) is 20.0 Å². The predicted molar refractivity (Wildman–Crippen MR) is 129 cm³/mol. The molecule has 2 saturated heterocycles. The fraction of sp³-hybridized carbons (Fsp3) is 0.692. The minimum absolute atomic E-state index is 0.0441. The average molecular weight is 457 g/mol. The third-order valence-electron chi connectivity index (χ3n) is 8.11. The third-order valence-corrected chi connectivity index (χ3v) is 8.11. The van der Waals surface area contributed by atoms with E-state index in [-0.39, 0.29) is 23.6 Å². The van der Waals surface area contributed by atoms with Gasteiger partial charge in [-0.05, 0) is 77.1 Å². The Kier molecular flexibility index (Phi) is 7.47. The van der Waals surface area contributed by atoms with Crippen molar-refractivity contribution in [3.63, 3.8) is 0 Å². The summed E-state index contributed by atoms with van der Waals surface area (Å²) in [6.07, 6.45) is 5.11. The Hall–Kier alpha value is -2.28.